The predicted octanol–water partition coefficient (Wildman–Crippen LogP) is 1.36. The van der Waals surface area contributed by atoms with Gasteiger partial charge in [0.1, 0.15) is 48.8 Å². The molecule has 0 aromatic rings. The van der Waals surface area contributed by atoms with Gasteiger partial charge in [0, 0.05) is 12.3 Å². The first-order valence-corrected chi connectivity index (χ1v) is 20.0. The molecule has 0 amide bonds. The van der Waals surface area contributed by atoms with Gasteiger partial charge in [0.15, 0.2) is 18.4 Å². The van der Waals surface area contributed by atoms with E-state index in [0.29, 0.717) is 41.9 Å². The third-order valence-corrected chi connectivity index (χ3v) is 15.6. The van der Waals surface area contributed by atoms with Gasteiger partial charge in [0.05, 0.1) is 32.0 Å². The maximum Gasteiger partial charge on any atom is 0.187 e. The Labute approximate surface area is 306 Å². The largest absolute Gasteiger partial charge is 0.394 e. The Bertz CT molecular complexity index is 1320. The van der Waals surface area contributed by atoms with Crippen LogP contribution in [-0.2, 0) is 28.4 Å². The fourth-order valence-electron chi connectivity index (χ4n) is 12.6. The number of ether oxygens (including phenoxy) is 6. The average Bonchev–Trinajstić information content (AvgIpc) is 3.58. The van der Waals surface area contributed by atoms with Crippen LogP contribution < -0.4 is 0 Å². The van der Waals surface area contributed by atoms with Crippen LogP contribution in [0, 0.1) is 46.3 Å². The van der Waals surface area contributed by atoms with Crippen molar-refractivity contribution in [1.29, 1.82) is 0 Å². The molecule has 21 atom stereocenters. The van der Waals surface area contributed by atoms with Crippen molar-refractivity contribution < 1.29 is 64.2 Å². The summed E-state index contributed by atoms with van der Waals surface area (Å²) < 4.78 is 36.9. The van der Waals surface area contributed by atoms with E-state index in [1.54, 1.807) is 0 Å². The van der Waals surface area contributed by atoms with Crippen molar-refractivity contribution in [3.05, 3.63) is 11.6 Å². The van der Waals surface area contributed by atoms with Crippen molar-refractivity contribution >= 4 is 0 Å². The minimum Gasteiger partial charge on any atom is -0.394 e. The van der Waals surface area contributed by atoms with E-state index >= 15 is 0 Å². The molecule has 4 saturated heterocycles. The standard InChI is InChI=1S/C39H62O13/c1-18-7-12-39(47-17-18)19(2)28-25(52-39)14-24-22-6-5-20-13-21(8-10-37(20,3)23(22)9-11-38(24,28)4)48-35-33(46)31(44)34(27(16-41)50-35)51-36-32(45)30(43)29(42)26(15-40)49-36/h5,18-19,21-36,40-46H,6-17H2,1-4H3/t18-,19+,21+,22-,23+,24+,25+,26-,27-,28+,29-,30+,31-,32-,33-,34-,35-,36-,37+,38+,39-/m1/s1. The average molecular weight is 739 g/mol. The van der Waals surface area contributed by atoms with Crippen molar-refractivity contribution in [3.63, 3.8) is 0 Å². The van der Waals surface area contributed by atoms with Crippen molar-refractivity contribution in [2.45, 2.75) is 165 Å². The zero-order valence-electron chi connectivity index (χ0n) is 31.0. The van der Waals surface area contributed by atoms with Crippen LogP contribution in [0.1, 0.15) is 85.5 Å². The molecule has 1 spiro atoms. The lowest BCUT2D eigenvalue weighted by Gasteiger charge is -2.58. The molecule has 13 nitrogen and oxygen atoms in total. The van der Waals surface area contributed by atoms with Crippen LogP contribution in [0.25, 0.3) is 0 Å². The Hall–Kier alpha value is -0.780. The van der Waals surface area contributed by atoms with Crippen molar-refractivity contribution in [2.24, 2.45) is 46.3 Å². The molecule has 8 aliphatic rings. The molecule has 4 heterocycles. The number of rotatable bonds is 6. The summed E-state index contributed by atoms with van der Waals surface area (Å²) in [6.45, 7) is 9.20. The molecule has 0 aromatic heterocycles. The second-order valence-corrected chi connectivity index (χ2v) is 18.3. The SMILES string of the molecule is C[C@@H]1CC[C@@]2(OC1)O[C@H]1C[C@H]3[C@@H]4CC=C5C[C@@H](O[C@@H]6O[C@H](CO)[C@@H](O[C@H]7O[C@H](CO)[C@@H](O)[C@H](O)[C@H]7O)[C@H](O)[C@H]6O)CC[C@]5(C)[C@H]4CC[C@]3(C)[C@H]1[C@@H]2C. The molecule has 4 aliphatic carbocycles. The van der Waals surface area contributed by atoms with Gasteiger partial charge < -0.3 is 64.2 Å². The minimum absolute atomic E-state index is 0.0572. The van der Waals surface area contributed by atoms with Gasteiger partial charge in [-0.05, 0) is 91.8 Å². The van der Waals surface area contributed by atoms with Gasteiger partial charge in [0.25, 0.3) is 0 Å². The van der Waals surface area contributed by atoms with E-state index in [1.807, 2.05) is 0 Å². The lowest BCUT2D eigenvalue weighted by Crippen LogP contribution is -2.65. The van der Waals surface area contributed by atoms with Crippen molar-refractivity contribution in [1.82, 2.24) is 0 Å². The highest BCUT2D eigenvalue weighted by molar-refractivity contribution is 5.26. The number of allylic oxidation sites excluding steroid dienone is 1. The van der Waals surface area contributed by atoms with Gasteiger partial charge in [-0.1, -0.05) is 39.3 Å². The Morgan fingerprint density at radius 2 is 1.50 bits per heavy atom. The predicted molar refractivity (Wildman–Crippen MR) is 183 cm³/mol. The molecule has 8 rings (SSSR count). The lowest BCUT2D eigenvalue weighted by atomic mass is 9.47. The van der Waals surface area contributed by atoms with Crippen molar-refractivity contribution in [3.8, 4) is 0 Å². The Morgan fingerprint density at radius 3 is 2.21 bits per heavy atom. The summed E-state index contributed by atoms with van der Waals surface area (Å²) in [5, 5.41) is 72.7. The van der Waals surface area contributed by atoms with Crippen LogP contribution in [0.3, 0.4) is 0 Å². The highest BCUT2D eigenvalue weighted by atomic mass is 16.7. The molecule has 296 valence electrons. The Morgan fingerprint density at radius 1 is 0.788 bits per heavy atom. The van der Waals surface area contributed by atoms with Crippen LogP contribution in [0.4, 0.5) is 0 Å². The van der Waals surface area contributed by atoms with Crippen molar-refractivity contribution in [2.75, 3.05) is 19.8 Å². The summed E-state index contributed by atoms with van der Waals surface area (Å²) in [5.74, 6) is 2.92. The highest BCUT2D eigenvalue weighted by Crippen LogP contribution is 2.70. The first-order valence-electron chi connectivity index (χ1n) is 20.0. The number of aliphatic hydroxyl groups excluding tert-OH is 7. The van der Waals surface area contributed by atoms with Crippen LogP contribution in [0.2, 0.25) is 0 Å². The molecular weight excluding hydrogens is 676 g/mol. The molecule has 52 heavy (non-hydrogen) atoms. The molecule has 13 heteroatoms. The van der Waals surface area contributed by atoms with Gasteiger partial charge in [-0.2, -0.15) is 0 Å². The van der Waals surface area contributed by atoms with E-state index in [2.05, 4.69) is 33.8 Å². The second kappa shape index (κ2) is 14.0. The summed E-state index contributed by atoms with van der Waals surface area (Å²) in [4.78, 5) is 0. The van der Waals surface area contributed by atoms with E-state index in [9.17, 15) is 35.7 Å². The van der Waals surface area contributed by atoms with Crippen LogP contribution in [-0.4, -0.2) is 135 Å². The summed E-state index contributed by atoms with van der Waals surface area (Å²) in [5.41, 5.74) is 1.70. The molecule has 0 bridgehead atoms. The Balaban J connectivity index is 0.913. The number of hydrogen-bond donors (Lipinski definition) is 7. The minimum atomic E-state index is -1.72. The van der Waals surface area contributed by atoms with Gasteiger partial charge in [-0.15, -0.1) is 0 Å². The molecule has 0 radical (unpaired) electrons. The smallest absolute Gasteiger partial charge is 0.187 e. The zero-order chi connectivity index (χ0) is 36.9. The number of hydrogen-bond acceptors (Lipinski definition) is 13. The van der Waals surface area contributed by atoms with Gasteiger partial charge in [0.2, 0.25) is 0 Å². The van der Waals surface area contributed by atoms with E-state index < -0.39 is 80.4 Å². The summed E-state index contributed by atoms with van der Waals surface area (Å²) in [6.07, 6.45) is -3.06. The molecule has 7 fully saturated rings. The quantitative estimate of drug-likeness (QED) is 0.193. The topological polar surface area (TPSA) is 197 Å². The lowest BCUT2D eigenvalue weighted by molar-refractivity contribution is -0.363. The molecule has 0 aromatic carbocycles. The molecule has 0 unspecified atom stereocenters. The number of fused-ring (bicyclic) bond motifs is 7. The van der Waals surface area contributed by atoms with Crippen LogP contribution in [0.5, 0.6) is 0 Å². The van der Waals surface area contributed by atoms with Crippen LogP contribution in [0.15, 0.2) is 11.6 Å². The van der Waals surface area contributed by atoms with Gasteiger partial charge in [-0.25, -0.2) is 0 Å². The molecule has 7 N–H and O–H groups in total. The Kier molecular flexibility index (Phi) is 10.3. The summed E-state index contributed by atoms with van der Waals surface area (Å²) >= 11 is 0. The van der Waals surface area contributed by atoms with Crippen LogP contribution >= 0.6 is 0 Å². The molecular formula is C39H62O13. The fraction of sp³-hybridized carbons (Fsp3) is 0.949. The third-order valence-electron chi connectivity index (χ3n) is 15.6. The van der Waals surface area contributed by atoms with E-state index in [0.717, 1.165) is 38.7 Å². The first kappa shape index (κ1) is 38.1. The van der Waals surface area contributed by atoms with E-state index in [-0.39, 0.29) is 23.0 Å². The molecule has 4 aliphatic heterocycles. The fourth-order valence-corrected chi connectivity index (χ4v) is 12.6. The molecule has 3 saturated carbocycles. The highest BCUT2D eigenvalue weighted by Gasteiger charge is 2.68. The maximum atomic E-state index is 11.1. The number of aliphatic hydroxyl groups is 7. The monoisotopic (exact) mass is 738 g/mol. The van der Waals surface area contributed by atoms with E-state index in [4.69, 9.17) is 28.4 Å². The summed E-state index contributed by atoms with van der Waals surface area (Å²) in [7, 11) is 0. The van der Waals surface area contributed by atoms with E-state index in [1.165, 1.54) is 24.8 Å². The first-order chi connectivity index (χ1) is 24.7. The van der Waals surface area contributed by atoms with Gasteiger partial charge >= 0.3 is 0 Å². The van der Waals surface area contributed by atoms with Gasteiger partial charge in [-0.3, -0.25) is 0 Å². The maximum absolute atomic E-state index is 11.1. The summed E-state index contributed by atoms with van der Waals surface area (Å²) in [6, 6.07) is 0. The second-order valence-electron chi connectivity index (χ2n) is 18.3. The normalized spacial score (nSPS) is 57.5. The zero-order valence-corrected chi connectivity index (χ0v) is 31.0. The third kappa shape index (κ3) is 5.90.